The van der Waals surface area contributed by atoms with Crippen molar-refractivity contribution < 1.29 is 14.3 Å². The fourth-order valence-electron chi connectivity index (χ4n) is 3.37. The molecule has 1 aliphatic heterocycles. The van der Waals surface area contributed by atoms with E-state index in [0.717, 1.165) is 16.8 Å². The van der Waals surface area contributed by atoms with E-state index in [-0.39, 0.29) is 30.0 Å². The summed E-state index contributed by atoms with van der Waals surface area (Å²) in [5, 5.41) is 15.6. The Morgan fingerprint density at radius 2 is 2.03 bits per heavy atom. The predicted molar refractivity (Wildman–Crippen MR) is 105 cm³/mol. The molecule has 2 aromatic heterocycles. The monoisotopic (exact) mass is 412 g/mol. The molecular weight excluding hydrogens is 396 g/mol. The smallest absolute Gasteiger partial charge is 0.255 e. The molecule has 9 nitrogen and oxygen atoms in total. The number of benzene rings is 1. The van der Waals surface area contributed by atoms with E-state index >= 15 is 0 Å². The van der Waals surface area contributed by atoms with Crippen molar-refractivity contribution in [2.75, 3.05) is 11.9 Å². The molecule has 3 heterocycles. The van der Waals surface area contributed by atoms with Crippen LogP contribution < -0.4 is 15.8 Å². The molecule has 148 valence electrons. The van der Waals surface area contributed by atoms with Gasteiger partial charge < -0.3 is 15.8 Å². The third kappa shape index (κ3) is 3.77. The average molecular weight is 413 g/mol. The zero-order chi connectivity index (χ0) is 20.5. The number of primary amides is 1. The third-order valence-electron chi connectivity index (χ3n) is 4.60. The van der Waals surface area contributed by atoms with Gasteiger partial charge >= 0.3 is 0 Å². The van der Waals surface area contributed by atoms with E-state index in [1.54, 1.807) is 28.9 Å². The zero-order valence-electron chi connectivity index (χ0n) is 15.4. The standard InChI is InChI=1S/C19H17ClN6O3/c1-10-18-13(11-2-4-12(5-3-11)29-9-15(21)27)8-17(28)22-19(18)26(25-10)16-7-6-14(20)23-24-16/h2-7,13H,8-9H2,1H3,(H2,21,27)(H,22,28). The number of nitrogens with one attached hydrogen (secondary N) is 1. The molecule has 29 heavy (non-hydrogen) atoms. The molecular formula is C19H17ClN6O3. The second-order valence-corrected chi connectivity index (χ2v) is 6.99. The molecule has 3 N–H and O–H groups in total. The number of fused-ring (bicyclic) bond motifs is 1. The van der Waals surface area contributed by atoms with Crippen molar-refractivity contribution in [3.8, 4) is 11.6 Å². The molecule has 0 bridgehead atoms. The summed E-state index contributed by atoms with van der Waals surface area (Å²) in [7, 11) is 0. The number of hydrogen-bond donors (Lipinski definition) is 2. The second-order valence-electron chi connectivity index (χ2n) is 6.60. The van der Waals surface area contributed by atoms with Crippen LogP contribution in [0.15, 0.2) is 36.4 Å². The maximum atomic E-state index is 12.4. The Bertz CT molecular complexity index is 1080. The number of ether oxygens (including phenoxy) is 1. The van der Waals surface area contributed by atoms with Crippen LogP contribution in [0.4, 0.5) is 5.82 Å². The van der Waals surface area contributed by atoms with Crippen LogP contribution >= 0.6 is 11.6 Å². The fourth-order valence-corrected chi connectivity index (χ4v) is 3.47. The van der Waals surface area contributed by atoms with Crippen LogP contribution in [-0.4, -0.2) is 38.4 Å². The number of rotatable bonds is 5. The zero-order valence-corrected chi connectivity index (χ0v) is 16.2. The topological polar surface area (TPSA) is 125 Å². The number of nitrogens with two attached hydrogens (primary N) is 1. The number of amides is 2. The largest absolute Gasteiger partial charge is 0.484 e. The number of carbonyl (C=O) groups excluding carboxylic acids is 2. The van der Waals surface area contributed by atoms with Crippen LogP contribution in [0.5, 0.6) is 5.75 Å². The number of nitrogens with zero attached hydrogens (tertiary/aromatic N) is 4. The van der Waals surface area contributed by atoms with Crippen molar-refractivity contribution in [2.45, 2.75) is 19.3 Å². The van der Waals surface area contributed by atoms with E-state index in [0.29, 0.717) is 17.4 Å². The molecule has 0 aliphatic carbocycles. The van der Waals surface area contributed by atoms with Crippen molar-refractivity contribution in [1.82, 2.24) is 20.0 Å². The van der Waals surface area contributed by atoms with Gasteiger partial charge in [0.05, 0.1) is 5.69 Å². The molecule has 10 heteroatoms. The van der Waals surface area contributed by atoms with Gasteiger partial charge in [0.1, 0.15) is 11.6 Å². The Balaban J connectivity index is 1.70. The minimum absolute atomic E-state index is 0.125. The Hall–Kier alpha value is -3.46. The molecule has 0 spiro atoms. The summed E-state index contributed by atoms with van der Waals surface area (Å²) in [5.41, 5.74) is 7.71. The highest BCUT2D eigenvalue weighted by atomic mass is 35.5. The highest BCUT2D eigenvalue weighted by Gasteiger charge is 2.33. The van der Waals surface area contributed by atoms with Gasteiger partial charge in [0.2, 0.25) is 5.91 Å². The minimum atomic E-state index is -0.545. The molecule has 0 radical (unpaired) electrons. The van der Waals surface area contributed by atoms with E-state index in [1.165, 1.54) is 0 Å². The van der Waals surface area contributed by atoms with E-state index in [2.05, 4.69) is 20.6 Å². The normalized spacial score (nSPS) is 15.5. The van der Waals surface area contributed by atoms with Gasteiger partial charge in [0.25, 0.3) is 5.91 Å². The number of carbonyl (C=O) groups is 2. The Morgan fingerprint density at radius 3 is 2.69 bits per heavy atom. The van der Waals surface area contributed by atoms with E-state index < -0.39 is 5.91 Å². The number of halogens is 1. The summed E-state index contributed by atoms with van der Waals surface area (Å²) in [6.45, 7) is 1.69. The maximum absolute atomic E-state index is 12.4. The van der Waals surface area contributed by atoms with Crippen LogP contribution in [0.25, 0.3) is 5.82 Å². The van der Waals surface area contributed by atoms with E-state index in [4.69, 9.17) is 22.1 Å². The Kier molecular flexibility index (Phi) is 4.89. The first-order chi connectivity index (χ1) is 13.9. The molecule has 1 unspecified atom stereocenters. The molecule has 4 rings (SSSR count). The lowest BCUT2D eigenvalue weighted by atomic mass is 9.86. The predicted octanol–water partition coefficient (Wildman–Crippen LogP) is 1.96. The number of aromatic nitrogens is 4. The molecule has 0 saturated carbocycles. The first-order valence-corrected chi connectivity index (χ1v) is 9.20. The Morgan fingerprint density at radius 1 is 1.28 bits per heavy atom. The summed E-state index contributed by atoms with van der Waals surface area (Å²) >= 11 is 5.82. The molecule has 0 saturated heterocycles. The first-order valence-electron chi connectivity index (χ1n) is 8.82. The highest BCUT2D eigenvalue weighted by molar-refractivity contribution is 6.29. The van der Waals surface area contributed by atoms with Gasteiger partial charge in [-0.05, 0) is 36.8 Å². The second kappa shape index (κ2) is 7.51. The van der Waals surface area contributed by atoms with Gasteiger partial charge in [0, 0.05) is 17.9 Å². The van der Waals surface area contributed by atoms with Crippen molar-refractivity contribution in [2.24, 2.45) is 5.73 Å². The summed E-state index contributed by atoms with van der Waals surface area (Å²) < 4.78 is 6.86. The van der Waals surface area contributed by atoms with E-state index in [9.17, 15) is 9.59 Å². The number of anilines is 1. The lowest BCUT2D eigenvalue weighted by Crippen LogP contribution is -2.25. The van der Waals surface area contributed by atoms with Gasteiger partial charge in [-0.25, -0.2) is 0 Å². The fraction of sp³-hybridized carbons (Fsp3) is 0.211. The Labute approximate surface area is 170 Å². The van der Waals surface area contributed by atoms with Gasteiger partial charge in [0.15, 0.2) is 17.6 Å². The maximum Gasteiger partial charge on any atom is 0.255 e. The van der Waals surface area contributed by atoms with Gasteiger partial charge in [-0.15, -0.1) is 10.2 Å². The number of hydrogen-bond acceptors (Lipinski definition) is 6. The van der Waals surface area contributed by atoms with Crippen LogP contribution in [-0.2, 0) is 9.59 Å². The van der Waals surface area contributed by atoms with Crippen molar-refractivity contribution in [1.29, 1.82) is 0 Å². The minimum Gasteiger partial charge on any atom is -0.484 e. The average Bonchev–Trinajstić information content (AvgIpc) is 3.03. The molecule has 3 aromatic rings. The van der Waals surface area contributed by atoms with Crippen LogP contribution in [0.1, 0.15) is 29.2 Å². The van der Waals surface area contributed by atoms with Crippen molar-refractivity contribution in [3.05, 3.63) is 58.4 Å². The van der Waals surface area contributed by atoms with Crippen LogP contribution in [0, 0.1) is 6.92 Å². The molecule has 2 amide bonds. The van der Waals surface area contributed by atoms with Gasteiger partial charge in [-0.3, -0.25) is 9.59 Å². The molecule has 1 atom stereocenters. The van der Waals surface area contributed by atoms with Crippen molar-refractivity contribution >= 4 is 29.2 Å². The van der Waals surface area contributed by atoms with Crippen LogP contribution in [0.2, 0.25) is 5.15 Å². The first kappa shape index (κ1) is 18.9. The van der Waals surface area contributed by atoms with E-state index in [1.807, 2.05) is 19.1 Å². The van der Waals surface area contributed by atoms with Crippen molar-refractivity contribution in [3.63, 3.8) is 0 Å². The summed E-state index contributed by atoms with van der Waals surface area (Å²) in [6, 6.07) is 10.5. The van der Waals surface area contributed by atoms with Gasteiger partial charge in [-0.1, -0.05) is 23.7 Å². The quantitative estimate of drug-likeness (QED) is 0.659. The lowest BCUT2D eigenvalue weighted by Gasteiger charge is -2.24. The lowest BCUT2D eigenvalue weighted by molar-refractivity contribution is -0.120. The molecule has 1 aliphatic rings. The summed E-state index contributed by atoms with van der Waals surface area (Å²) in [4.78, 5) is 23.3. The third-order valence-corrected chi connectivity index (χ3v) is 4.80. The van der Waals surface area contributed by atoms with Gasteiger partial charge in [-0.2, -0.15) is 9.78 Å². The molecule has 1 aromatic carbocycles. The van der Waals surface area contributed by atoms with Crippen LogP contribution in [0.3, 0.4) is 0 Å². The number of aryl methyl sites for hydroxylation is 1. The summed E-state index contributed by atoms with van der Waals surface area (Å²) in [6.07, 6.45) is 0.285. The molecule has 0 fully saturated rings. The summed E-state index contributed by atoms with van der Waals surface area (Å²) in [5.74, 6) is 0.690. The highest BCUT2D eigenvalue weighted by Crippen LogP contribution is 2.40. The SMILES string of the molecule is Cc1nn(-c2ccc(Cl)nn2)c2c1C(c1ccc(OCC(N)=O)cc1)CC(=O)N2.